The summed E-state index contributed by atoms with van der Waals surface area (Å²) in [5.41, 5.74) is 7.28. The van der Waals surface area contributed by atoms with Crippen LogP contribution in [0, 0.1) is 0 Å². The topological polar surface area (TPSA) is 3.24 Å². The lowest BCUT2D eigenvalue weighted by Gasteiger charge is -2.29. The first kappa shape index (κ1) is 24.9. The molecular formula is C49H35N. The third-order valence-corrected chi connectivity index (χ3v) is 10.7. The fourth-order valence-corrected chi connectivity index (χ4v) is 8.25. The Bertz CT molecular complexity index is 3010. The van der Waals surface area contributed by atoms with Gasteiger partial charge < -0.3 is 4.90 Å². The summed E-state index contributed by atoms with van der Waals surface area (Å²) in [7, 11) is 0. The predicted molar refractivity (Wildman–Crippen MR) is 214 cm³/mol. The van der Waals surface area contributed by atoms with Gasteiger partial charge in [0.15, 0.2) is 0 Å². The van der Waals surface area contributed by atoms with E-state index in [1.165, 1.54) is 16.7 Å². The van der Waals surface area contributed by atoms with E-state index in [9.17, 15) is 5.48 Å². The Balaban J connectivity index is 1.28. The minimum Gasteiger partial charge on any atom is -0.310 e. The Morgan fingerprint density at radius 2 is 0.960 bits per heavy atom. The molecule has 9 aromatic carbocycles. The monoisotopic (exact) mass is 641 g/mol. The number of anilines is 3. The van der Waals surface area contributed by atoms with E-state index in [1.807, 2.05) is 71.6 Å². The van der Waals surface area contributed by atoms with E-state index in [0.29, 0.717) is 11.1 Å². The molecule has 0 fully saturated rings. The number of rotatable bonds is 4. The Kier molecular flexibility index (Phi) is 5.43. The highest BCUT2D eigenvalue weighted by molar-refractivity contribution is 6.15. The molecule has 1 heteroatoms. The van der Waals surface area contributed by atoms with E-state index in [4.69, 9.17) is 0 Å². The third-order valence-electron chi connectivity index (χ3n) is 10.7. The summed E-state index contributed by atoms with van der Waals surface area (Å²) in [5.74, 6) is 0. The van der Waals surface area contributed by atoms with Gasteiger partial charge in [-0.3, -0.25) is 0 Å². The maximum Gasteiger partial charge on any atom is 0.0645 e. The molecule has 1 nitrogen and oxygen atoms in total. The van der Waals surface area contributed by atoms with Crippen LogP contribution in [-0.4, -0.2) is 0 Å². The fraction of sp³-hybridized carbons (Fsp3) is 0.0612. The minimum atomic E-state index is -0.283. The fourth-order valence-electron chi connectivity index (χ4n) is 8.25. The standard InChI is InChI=1S/C49H35N/c1-49(2)46-22-12-11-20-42(46)43-28-27-36(31-47(43)49)50(48-30-34-14-4-6-16-38(34)40-18-9-10-21-44(40)48)35-25-23-32(24-26-35)45-29-33-13-3-5-15-37(33)39-17-7-8-19-41(39)45/h3-31H,1-2H3/i23D,24D,25D,26D. The van der Waals surface area contributed by atoms with Crippen molar-refractivity contribution in [1.82, 2.24) is 0 Å². The van der Waals surface area contributed by atoms with Crippen molar-refractivity contribution in [3.63, 3.8) is 0 Å². The Labute approximate surface area is 298 Å². The molecule has 10 rings (SSSR count). The van der Waals surface area contributed by atoms with E-state index < -0.39 is 0 Å². The first-order valence-corrected chi connectivity index (χ1v) is 17.2. The van der Waals surface area contributed by atoms with Gasteiger partial charge in [0.05, 0.1) is 11.2 Å². The van der Waals surface area contributed by atoms with Crippen LogP contribution >= 0.6 is 0 Å². The zero-order valence-corrected chi connectivity index (χ0v) is 27.9. The summed E-state index contributed by atoms with van der Waals surface area (Å²) in [6.07, 6.45) is 0. The van der Waals surface area contributed by atoms with E-state index >= 15 is 0 Å². The van der Waals surface area contributed by atoms with E-state index in [0.717, 1.165) is 60.0 Å². The van der Waals surface area contributed by atoms with Crippen molar-refractivity contribution in [2.75, 3.05) is 4.90 Å². The third kappa shape index (κ3) is 4.27. The molecule has 0 aromatic heterocycles. The van der Waals surface area contributed by atoms with Gasteiger partial charge in [0.2, 0.25) is 0 Å². The summed E-state index contributed by atoms with van der Waals surface area (Å²) < 4.78 is 38.9. The van der Waals surface area contributed by atoms with Crippen molar-refractivity contribution in [2.24, 2.45) is 0 Å². The van der Waals surface area contributed by atoms with Gasteiger partial charge in [-0.05, 0) is 107 Å². The summed E-state index contributed by atoms with van der Waals surface area (Å²) in [4.78, 5) is 1.97. The summed E-state index contributed by atoms with van der Waals surface area (Å²) >= 11 is 0. The lowest BCUT2D eigenvalue weighted by atomic mass is 9.82. The van der Waals surface area contributed by atoms with Crippen LogP contribution in [0.2, 0.25) is 0 Å². The molecular weight excluding hydrogens is 603 g/mol. The zero-order valence-electron chi connectivity index (χ0n) is 31.9. The smallest absolute Gasteiger partial charge is 0.0645 e. The molecule has 0 amide bonds. The van der Waals surface area contributed by atoms with Crippen molar-refractivity contribution in [1.29, 1.82) is 0 Å². The second-order valence-corrected chi connectivity index (χ2v) is 13.8. The van der Waals surface area contributed by atoms with Crippen LogP contribution in [0.4, 0.5) is 17.1 Å². The van der Waals surface area contributed by atoms with E-state index in [1.54, 1.807) is 0 Å². The first-order valence-electron chi connectivity index (χ1n) is 19.2. The molecule has 0 N–H and O–H groups in total. The second kappa shape index (κ2) is 10.9. The highest BCUT2D eigenvalue weighted by Crippen LogP contribution is 2.51. The van der Waals surface area contributed by atoms with Gasteiger partial charge in [-0.2, -0.15) is 0 Å². The molecule has 0 atom stereocenters. The highest BCUT2D eigenvalue weighted by atomic mass is 15.1. The quantitative estimate of drug-likeness (QED) is 0.173. The van der Waals surface area contributed by atoms with Gasteiger partial charge in [-0.1, -0.05) is 153 Å². The largest absolute Gasteiger partial charge is 0.310 e. The van der Waals surface area contributed by atoms with Crippen molar-refractivity contribution in [3.05, 3.63) is 187 Å². The van der Waals surface area contributed by atoms with E-state index in [2.05, 4.69) is 98.8 Å². The normalized spacial score (nSPS) is 14.3. The van der Waals surface area contributed by atoms with Gasteiger partial charge in [0.1, 0.15) is 0 Å². The SMILES string of the molecule is [2H]c1c([2H])c(N(c2ccc3c(c2)C(C)(C)c2ccccc2-3)c2cc3ccccc3c3ccccc23)c([2H])c([2H])c1-c1cc2ccccc2c2ccccc12. The summed E-state index contributed by atoms with van der Waals surface area (Å²) in [5, 5.41) is 8.12. The summed E-state index contributed by atoms with van der Waals surface area (Å²) in [6, 6.07) is 51.5. The van der Waals surface area contributed by atoms with Gasteiger partial charge in [0, 0.05) is 22.2 Å². The molecule has 0 aliphatic heterocycles. The van der Waals surface area contributed by atoms with Gasteiger partial charge in [0.25, 0.3) is 0 Å². The molecule has 50 heavy (non-hydrogen) atoms. The number of hydrogen-bond donors (Lipinski definition) is 0. The van der Waals surface area contributed by atoms with Crippen LogP contribution in [0.25, 0.3) is 65.3 Å². The number of fused-ring (bicyclic) bond motifs is 9. The minimum absolute atomic E-state index is 0.0737. The molecule has 236 valence electrons. The molecule has 9 aromatic rings. The van der Waals surface area contributed by atoms with Crippen LogP contribution in [0.3, 0.4) is 0 Å². The molecule has 1 aliphatic carbocycles. The highest BCUT2D eigenvalue weighted by Gasteiger charge is 2.35. The molecule has 0 radical (unpaired) electrons. The Morgan fingerprint density at radius 1 is 0.420 bits per heavy atom. The van der Waals surface area contributed by atoms with Crippen molar-refractivity contribution >= 4 is 60.2 Å². The van der Waals surface area contributed by atoms with Gasteiger partial charge in [-0.25, -0.2) is 0 Å². The lowest BCUT2D eigenvalue weighted by Crippen LogP contribution is -2.16. The van der Waals surface area contributed by atoms with Crippen molar-refractivity contribution in [3.8, 4) is 22.3 Å². The van der Waals surface area contributed by atoms with E-state index in [-0.39, 0.29) is 35.3 Å². The molecule has 0 unspecified atom stereocenters. The van der Waals surface area contributed by atoms with Crippen LogP contribution in [0.1, 0.15) is 30.5 Å². The first-order chi connectivity index (χ1) is 26.2. The zero-order chi connectivity index (χ0) is 36.9. The number of nitrogens with zero attached hydrogens (tertiary/aromatic N) is 1. The Hall–Kier alpha value is -6.18. The molecule has 0 bridgehead atoms. The molecule has 0 saturated heterocycles. The van der Waals surface area contributed by atoms with Crippen molar-refractivity contribution in [2.45, 2.75) is 19.3 Å². The molecule has 0 saturated carbocycles. The second-order valence-electron chi connectivity index (χ2n) is 13.8. The van der Waals surface area contributed by atoms with Crippen LogP contribution in [-0.2, 0) is 5.41 Å². The van der Waals surface area contributed by atoms with Crippen LogP contribution in [0.15, 0.2) is 176 Å². The maximum atomic E-state index is 9.80. The predicted octanol–water partition coefficient (Wildman–Crippen LogP) is 13.7. The molecule has 0 heterocycles. The molecule has 0 spiro atoms. The Morgan fingerprint density at radius 3 is 1.68 bits per heavy atom. The van der Waals surface area contributed by atoms with Crippen molar-refractivity contribution < 1.29 is 5.48 Å². The number of benzene rings is 9. The molecule has 1 aliphatic rings. The average molecular weight is 642 g/mol. The maximum absolute atomic E-state index is 9.80. The summed E-state index contributed by atoms with van der Waals surface area (Å²) in [6.45, 7) is 4.49. The average Bonchev–Trinajstić information content (AvgIpc) is 3.44. The lowest BCUT2D eigenvalue weighted by molar-refractivity contribution is 0.660. The van der Waals surface area contributed by atoms with Gasteiger partial charge in [-0.15, -0.1) is 0 Å². The van der Waals surface area contributed by atoms with Crippen LogP contribution < -0.4 is 4.90 Å². The van der Waals surface area contributed by atoms with Gasteiger partial charge >= 0.3 is 0 Å². The number of hydrogen-bond acceptors (Lipinski definition) is 1. The van der Waals surface area contributed by atoms with Crippen LogP contribution in [0.5, 0.6) is 0 Å².